The van der Waals surface area contributed by atoms with Crippen molar-refractivity contribution in [2.45, 2.75) is 12.7 Å². The summed E-state index contributed by atoms with van der Waals surface area (Å²) in [5, 5.41) is 2.55. The zero-order valence-electron chi connectivity index (χ0n) is 13.1. The van der Waals surface area contributed by atoms with Gasteiger partial charge in [0.1, 0.15) is 0 Å². The minimum absolute atomic E-state index is 0.0233. The van der Waals surface area contributed by atoms with Gasteiger partial charge in [0.15, 0.2) is 18.2 Å². The molecule has 2 rings (SSSR count). The highest BCUT2D eigenvalue weighted by Gasteiger charge is 2.28. The van der Waals surface area contributed by atoms with Crippen molar-refractivity contribution in [1.82, 2.24) is 10.3 Å². The van der Waals surface area contributed by atoms with Crippen LogP contribution in [0.25, 0.3) is 0 Å². The molecular formula is C16H14F4N2O3. The Morgan fingerprint density at radius 3 is 2.56 bits per heavy atom. The van der Waals surface area contributed by atoms with Gasteiger partial charge in [-0.2, -0.15) is 13.2 Å². The number of methoxy groups -OCH3 is 1. The smallest absolute Gasteiger partial charge is 0.422 e. The zero-order chi connectivity index (χ0) is 18.4. The van der Waals surface area contributed by atoms with Gasteiger partial charge in [0.25, 0.3) is 5.91 Å². The van der Waals surface area contributed by atoms with Crippen LogP contribution < -0.4 is 14.8 Å². The van der Waals surface area contributed by atoms with E-state index in [1.807, 2.05) is 0 Å². The second kappa shape index (κ2) is 7.82. The number of benzene rings is 1. The maximum Gasteiger partial charge on any atom is 0.422 e. The second-order valence-corrected chi connectivity index (χ2v) is 4.94. The Kier molecular flexibility index (Phi) is 5.79. The Morgan fingerprint density at radius 1 is 1.24 bits per heavy atom. The van der Waals surface area contributed by atoms with Crippen LogP contribution in [0.3, 0.4) is 0 Å². The molecule has 1 N–H and O–H groups in total. The maximum atomic E-state index is 13.6. The van der Waals surface area contributed by atoms with Crippen LogP contribution in [0.4, 0.5) is 17.6 Å². The third kappa shape index (κ3) is 5.63. The van der Waals surface area contributed by atoms with E-state index in [0.717, 1.165) is 6.07 Å². The molecule has 0 aliphatic carbocycles. The topological polar surface area (TPSA) is 60.5 Å². The summed E-state index contributed by atoms with van der Waals surface area (Å²) in [5.74, 6) is -1.33. The summed E-state index contributed by atoms with van der Waals surface area (Å²) < 4.78 is 58.9. The lowest BCUT2D eigenvalue weighted by Crippen LogP contribution is -2.23. The first-order valence-electron chi connectivity index (χ1n) is 7.05. The van der Waals surface area contributed by atoms with Crippen LogP contribution >= 0.6 is 0 Å². The Hall–Kier alpha value is -2.84. The van der Waals surface area contributed by atoms with E-state index in [2.05, 4.69) is 15.0 Å². The van der Waals surface area contributed by atoms with Crippen LogP contribution in [0.15, 0.2) is 36.5 Å². The van der Waals surface area contributed by atoms with Gasteiger partial charge in [0.05, 0.1) is 7.11 Å². The molecular weight excluding hydrogens is 344 g/mol. The van der Waals surface area contributed by atoms with Crippen LogP contribution in [-0.4, -0.2) is 30.8 Å². The number of ether oxygens (including phenoxy) is 2. The van der Waals surface area contributed by atoms with E-state index in [-0.39, 0.29) is 23.7 Å². The number of hydrogen-bond donors (Lipinski definition) is 1. The summed E-state index contributed by atoms with van der Waals surface area (Å²) in [6.07, 6.45) is -3.16. The normalized spacial score (nSPS) is 11.1. The van der Waals surface area contributed by atoms with Crippen molar-refractivity contribution in [3.05, 3.63) is 53.5 Å². The van der Waals surface area contributed by atoms with Crippen molar-refractivity contribution < 1.29 is 31.8 Å². The third-order valence-corrected chi connectivity index (χ3v) is 3.05. The highest BCUT2D eigenvalue weighted by Crippen LogP contribution is 2.18. The molecule has 0 saturated heterocycles. The van der Waals surface area contributed by atoms with Gasteiger partial charge in [-0.3, -0.25) is 4.79 Å². The van der Waals surface area contributed by atoms with Crippen LogP contribution in [0.1, 0.15) is 15.9 Å². The number of carbonyl (C=O) groups is 1. The van der Waals surface area contributed by atoms with Crippen molar-refractivity contribution in [3.63, 3.8) is 0 Å². The van der Waals surface area contributed by atoms with E-state index in [1.165, 1.54) is 37.6 Å². The Labute approximate surface area is 140 Å². The van der Waals surface area contributed by atoms with Crippen molar-refractivity contribution in [2.24, 2.45) is 0 Å². The number of alkyl halides is 3. The molecule has 0 spiro atoms. The summed E-state index contributed by atoms with van der Waals surface area (Å²) in [6.45, 7) is -1.36. The molecule has 134 valence electrons. The van der Waals surface area contributed by atoms with Gasteiger partial charge >= 0.3 is 6.18 Å². The molecule has 0 fully saturated rings. The second-order valence-electron chi connectivity index (χ2n) is 4.94. The molecule has 0 aliphatic rings. The van der Waals surface area contributed by atoms with E-state index in [0.29, 0.717) is 5.56 Å². The first kappa shape index (κ1) is 18.5. The molecule has 25 heavy (non-hydrogen) atoms. The van der Waals surface area contributed by atoms with Crippen LogP contribution in [0.5, 0.6) is 11.6 Å². The van der Waals surface area contributed by atoms with Gasteiger partial charge in [-0.05, 0) is 23.8 Å². The maximum absolute atomic E-state index is 13.6. The quantitative estimate of drug-likeness (QED) is 0.806. The molecule has 9 heteroatoms. The lowest BCUT2D eigenvalue weighted by atomic mass is 10.2. The fourth-order valence-electron chi connectivity index (χ4n) is 1.85. The molecule has 0 saturated carbocycles. The molecule has 1 aromatic heterocycles. The van der Waals surface area contributed by atoms with Crippen molar-refractivity contribution in [3.8, 4) is 11.6 Å². The van der Waals surface area contributed by atoms with E-state index in [4.69, 9.17) is 4.74 Å². The van der Waals surface area contributed by atoms with E-state index in [1.54, 1.807) is 0 Å². The molecule has 0 bridgehead atoms. The fourth-order valence-corrected chi connectivity index (χ4v) is 1.85. The number of halogens is 4. The Balaban J connectivity index is 1.90. The summed E-state index contributed by atoms with van der Waals surface area (Å²) in [7, 11) is 1.31. The lowest BCUT2D eigenvalue weighted by Gasteiger charge is -2.09. The number of rotatable bonds is 6. The van der Waals surface area contributed by atoms with Gasteiger partial charge in [-0.1, -0.05) is 6.07 Å². The van der Waals surface area contributed by atoms with Crippen LogP contribution in [-0.2, 0) is 6.54 Å². The SMILES string of the molecule is COc1ccc(C(=O)NCc2ccc(OCC(F)(F)F)nc2)cc1F. The minimum atomic E-state index is -4.44. The molecule has 1 amide bonds. The van der Waals surface area contributed by atoms with Crippen LogP contribution in [0.2, 0.25) is 0 Å². The third-order valence-electron chi connectivity index (χ3n) is 3.05. The Morgan fingerprint density at radius 2 is 2.00 bits per heavy atom. The molecule has 0 atom stereocenters. The minimum Gasteiger partial charge on any atom is -0.494 e. The first-order valence-corrected chi connectivity index (χ1v) is 7.05. The number of nitrogens with zero attached hydrogens (tertiary/aromatic N) is 1. The van der Waals surface area contributed by atoms with E-state index >= 15 is 0 Å². The summed E-state index contributed by atoms with van der Waals surface area (Å²) in [5.41, 5.74) is 0.651. The van der Waals surface area contributed by atoms with Crippen molar-refractivity contribution in [2.75, 3.05) is 13.7 Å². The van der Waals surface area contributed by atoms with Crippen LogP contribution in [0, 0.1) is 5.82 Å². The van der Waals surface area contributed by atoms with Gasteiger partial charge in [-0.15, -0.1) is 0 Å². The standard InChI is InChI=1S/C16H14F4N2O3/c1-24-13-4-3-11(6-12(13)17)15(23)22-8-10-2-5-14(21-7-10)25-9-16(18,19)20/h2-7H,8-9H2,1H3,(H,22,23). The first-order chi connectivity index (χ1) is 11.8. The predicted octanol–water partition coefficient (Wildman–Crippen LogP) is 3.10. The van der Waals surface area contributed by atoms with Gasteiger partial charge in [0, 0.05) is 24.4 Å². The highest BCUT2D eigenvalue weighted by atomic mass is 19.4. The zero-order valence-corrected chi connectivity index (χ0v) is 13.1. The summed E-state index contributed by atoms with van der Waals surface area (Å²) in [6, 6.07) is 6.51. The van der Waals surface area contributed by atoms with E-state index in [9.17, 15) is 22.4 Å². The largest absolute Gasteiger partial charge is 0.494 e. The number of hydrogen-bond acceptors (Lipinski definition) is 4. The average Bonchev–Trinajstić information content (AvgIpc) is 2.58. The summed E-state index contributed by atoms with van der Waals surface area (Å²) in [4.78, 5) is 15.7. The number of aromatic nitrogens is 1. The van der Waals surface area contributed by atoms with Gasteiger partial charge < -0.3 is 14.8 Å². The molecule has 5 nitrogen and oxygen atoms in total. The number of carbonyl (C=O) groups excluding carboxylic acids is 1. The number of pyridine rings is 1. The number of amides is 1. The highest BCUT2D eigenvalue weighted by molar-refractivity contribution is 5.94. The van der Waals surface area contributed by atoms with E-state index < -0.39 is 24.5 Å². The fraction of sp³-hybridized carbons (Fsp3) is 0.250. The summed E-state index contributed by atoms with van der Waals surface area (Å²) >= 11 is 0. The molecule has 1 heterocycles. The van der Waals surface area contributed by atoms with Gasteiger partial charge in [-0.25, -0.2) is 9.37 Å². The number of nitrogens with one attached hydrogen (secondary N) is 1. The molecule has 2 aromatic rings. The van der Waals surface area contributed by atoms with Crippen molar-refractivity contribution >= 4 is 5.91 Å². The molecule has 1 aromatic carbocycles. The monoisotopic (exact) mass is 358 g/mol. The van der Waals surface area contributed by atoms with Gasteiger partial charge in [0.2, 0.25) is 5.88 Å². The molecule has 0 unspecified atom stereocenters. The lowest BCUT2D eigenvalue weighted by molar-refractivity contribution is -0.154. The Bertz CT molecular complexity index is 733. The molecule has 0 radical (unpaired) electrons. The molecule has 0 aliphatic heterocycles. The van der Waals surface area contributed by atoms with Crippen molar-refractivity contribution in [1.29, 1.82) is 0 Å². The average molecular weight is 358 g/mol. The predicted molar refractivity (Wildman–Crippen MR) is 79.9 cm³/mol.